The van der Waals surface area contributed by atoms with Crippen LogP contribution in [0.15, 0.2) is 0 Å². The van der Waals surface area contributed by atoms with Gasteiger partial charge in [0.25, 0.3) is 0 Å². The summed E-state index contributed by atoms with van der Waals surface area (Å²) in [6.07, 6.45) is 4.42. The molecule has 0 amide bonds. The van der Waals surface area contributed by atoms with Crippen molar-refractivity contribution in [3.05, 3.63) is 0 Å². The minimum absolute atomic E-state index is 0.708. The summed E-state index contributed by atoms with van der Waals surface area (Å²) in [7, 11) is 0. The lowest BCUT2D eigenvalue weighted by atomic mass is 9.87. The lowest BCUT2D eigenvalue weighted by molar-refractivity contribution is 0.353. The van der Waals surface area contributed by atoms with Crippen molar-refractivity contribution in [2.75, 3.05) is 18.1 Å². The normalized spacial score (nSPS) is 21.3. The standard InChI is InChI=1S/C9H19NS/c1-8(5-10)6-11-7-9-3-2-4-9/h8-9H,2-7,10H2,1H3. The summed E-state index contributed by atoms with van der Waals surface area (Å²) in [5, 5.41) is 0. The van der Waals surface area contributed by atoms with Crippen molar-refractivity contribution in [1.82, 2.24) is 0 Å². The fourth-order valence-corrected chi connectivity index (χ4v) is 2.50. The minimum Gasteiger partial charge on any atom is -0.330 e. The van der Waals surface area contributed by atoms with E-state index in [9.17, 15) is 0 Å². The summed E-state index contributed by atoms with van der Waals surface area (Å²) in [5.41, 5.74) is 5.52. The van der Waals surface area contributed by atoms with E-state index in [1.807, 2.05) is 0 Å². The lowest BCUT2D eigenvalue weighted by Gasteiger charge is -2.25. The molecule has 1 atom stereocenters. The number of rotatable bonds is 5. The highest BCUT2D eigenvalue weighted by Gasteiger charge is 2.16. The molecule has 66 valence electrons. The second kappa shape index (κ2) is 5.04. The molecular weight excluding hydrogens is 154 g/mol. The van der Waals surface area contributed by atoms with Gasteiger partial charge in [-0.3, -0.25) is 0 Å². The van der Waals surface area contributed by atoms with Gasteiger partial charge in [0.05, 0.1) is 0 Å². The summed E-state index contributed by atoms with van der Waals surface area (Å²) in [5.74, 6) is 4.39. The Bertz CT molecular complexity index is 97.0. The molecule has 0 saturated heterocycles. The molecule has 1 fully saturated rings. The van der Waals surface area contributed by atoms with Crippen molar-refractivity contribution in [2.45, 2.75) is 26.2 Å². The minimum atomic E-state index is 0.708. The highest BCUT2D eigenvalue weighted by molar-refractivity contribution is 7.99. The van der Waals surface area contributed by atoms with Gasteiger partial charge in [0.1, 0.15) is 0 Å². The molecule has 1 nitrogen and oxygen atoms in total. The van der Waals surface area contributed by atoms with Crippen LogP contribution in [0, 0.1) is 11.8 Å². The summed E-state index contributed by atoms with van der Waals surface area (Å²) in [4.78, 5) is 0. The number of hydrogen-bond donors (Lipinski definition) is 1. The molecule has 1 aliphatic rings. The van der Waals surface area contributed by atoms with Gasteiger partial charge in [-0.1, -0.05) is 13.3 Å². The molecule has 1 unspecified atom stereocenters. The molecule has 1 saturated carbocycles. The molecule has 0 radical (unpaired) electrons. The molecular formula is C9H19NS. The molecule has 11 heavy (non-hydrogen) atoms. The van der Waals surface area contributed by atoms with Gasteiger partial charge in [0, 0.05) is 0 Å². The summed E-state index contributed by atoms with van der Waals surface area (Å²) >= 11 is 2.09. The average molecular weight is 173 g/mol. The predicted molar refractivity (Wildman–Crippen MR) is 52.9 cm³/mol. The quantitative estimate of drug-likeness (QED) is 0.689. The van der Waals surface area contributed by atoms with Gasteiger partial charge in [0.15, 0.2) is 0 Å². The van der Waals surface area contributed by atoms with Crippen LogP contribution in [-0.2, 0) is 0 Å². The fraction of sp³-hybridized carbons (Fsp3) is 1.00. The third-order valence-corrected chi connectivity index (χ3v) is 3.89. The van der Waals surface area contributed by atoms with Crippen LogP contribution < -0.4 is 5.73 Å². The van der Waals surface area contributed by atoms with Crippen molar-refractivity contribution in [3.8, 4) is 0 Å². The molecule has 0 aromatic rings. The Morgan fingerprint density at radius 2 is 2.27 bits per heavy atom. The van der Waals surface area contributed by atoms with Crippen LogP contribution in [-0.4, -0.2) is 18.1 Å². The van der Waals surface area contributed by atoms with Crippen LogP contribution in [0.25, 0.3) is 0 Å². The van der Waals surface area contributed by atoms with E-state index in [0.29, 0.717) is 5.92 Å². The SMILES string of the molecule is CC(CN)CSCC1CCC1. The number of thioether (sulfide) groups is 1. The Labute approximate surface area is 74.1 Å². The highest BCUT2D eigenvalue weighted by Crippen LogP contribution is 2.29. The van der Waals surface area contributed by atoms with E-state index in [1.165, 1.54) is 30.8 Å². The van der Waals surface area contributed by atoms with Crippen LogP contribution in [0.5, 0.6) is 0 Å². The van der Waals surface area contributed by atoms with Crippen molar-refractivity contribution in [2.24, 2.45) is 17.6 Å². The smallest absolute Gasteiger partial charge is 0.00296 e. The molecule has 0 bridgehead atoms. The summed E-state index contributed by atoms with van der Waals surface area (Å²) in [6, 6.07) is 0. The van der Waals surface area contributed by atoms with E-state index in [1.54, 1.807) is 0 Å². The largest absolute Gasteiger partial charge is 0.330 e. The van der Waals surface area contributed by atoms with Gasteiger partial charge in [-0.15, -0.1) is 0 Å². The molecule has 0 aromatic heterocycles. The molecule has 0 spiro atoms. The monoisotopic (exact) mass is 173 g/mol. The van der Waals surface area contributed by atoms with E-state index in [0.717, 1.165) is 12.5 Å². The van der Waals surface area contributed by atoms with Crippen LogP contribution in [0.4, 0.5) is 0 Å². The van der Waals surface area contributed by atoms with Crippen molar-refractivity contribution < 1.29 is 0 Å². The third kappa shape index (κ3) is 3.48. The van der Waals surface area contributed by atoms with Crippen molar-refractivity contribution in [1.29, 1.82) is 0 Å². The van der Waals surface area contributed by atoms with Crippen LogP contribution in [0.2, 0.25) is 0 Å². The highest BCUT2D eigenvalue weighted by atomic mass is 32.2. The van der Waals surface area contributed by atoms with Crippen LogP contribution in [0.3, 0.4) is 0 Å². The Morgan fingerprint density at radius 1 is 1.55 bits per heavy atom. The predicted octanol–water partition coefficient (Wildman–Crippen LogP) is 2.11. The number of hydrogen-bond acceptors (Lipinski definition) is 2. The van der Waals surface area contributed by atoms with Gasteiger partial charge < -0.3 is 5.73 Å². The Morgan fingerprint density at radius 3 is 2.73 bits per heavy atom. The molecule has 0 heterocycles. The first kappa shape index (κ1) is 9.40. The van der Waals surface area contributed by atoms with Gasteiger partial charge in [-0.05, 0) is 42.7 Å². The fourth-order valence-electron chi connectivity index (χ4n) is 1.16. The Kier molecular flexibility index (Phi) is 4.31. The van der Waals surface area contributed by atoms with Crippen LogP contribution >= 0.6 is 11.8 Å². The maximum Gasteiger partial charge on any atom is -0.00296 e. The molecule has 1 aliphatic carbocycles. The first-order chi connectivity index (χ1) is 5.33. The van der Waals surface area contributed by atoms with Gasteiger partial charge in [0.2, 0.25) is 0 Å². The van der Waals surface area contributed by atoms with E-state index in [4.69, 9.17) is 5.73 Å². The summed E-state index contributed by atoms with van der Waals surface area (Å²) < 4.78 is 0. The average Bonchev–Trinajstić information content (AvgIpc) is 1.94. The zero-order valence-corrected chi connectivity index (χ0v) is 8.20. The molecule has 1 rings (SSSR count). The van der Waals surface area contributed by atoms with E-state index >= 15 is 0 Å². The molecule has 0 aromatic carbocycles. The molecule has 0 aliphatic heterocycles. The second-order valence-corrected chi connectivity index (χ2v) is 4.75. The third-order valence-electron chi connectivity index (χ3n) is 2.38. The second-order valence-electron chi connectivity index (χ2n) is 3.68. The van der Waals surface area contributed by atoms with E-state index in [2.05, 4.69) is 18.7 Å². The number of nitrogens with two attached hydrogens (primary N) is 1. The van der Waals surface area contributed by atoms with Gasteiger partial charge in [-0.25, -0.2) is 0 Å². The van der Waals surface area contributed by atoms with E-state index in [-0.39, 0.29) is 0 Å². The first-order valence-electron chi connectivity index (χ1n) is 4.60. The van der Waals surface area contributed by atoms with Gasteiger partial charge in [-0.2, -0.15) is 11.8 Å². The zero-order chi connectivity index (χ0) is 8.10. The first-order valence-corrected chi connectivity index (χ1v) is 5.76. The molecule has 2 N–H and O–H groups in total. The van der Waals surface area contributed by atoms with Crippen LogP contribution in [0.1, 0.15) is 26.2 Å². The maximum atomic E-state index is 5.52. The zero-order valence-electron chi connectivity index (χ0n) is 7.38. The topological polar surface area (TPSA) is 26.0 Å². The molecule has 2 heteroatoms. The lowest BCUT2D eigenvalue weighted by Crippen LogP contribution is -2.17. The van der Waals surface area contributed by atoms with Gasteiger partial charge >= 0.3 is 0 Å². The summed E-state index contributed by atoms with van der Waals surface area (Å²) in [6.45, 7) is 3.07. The van der Waals surface area contributed by atoms with Crippen molar-refractivity contribution in [3.63, 3.8) is 0 Å². The van der Waals surface area contributed by atoms with Crippen molar-refractivity contribution >= 4 is 11.8 Å². The Balaban J connectivity index is 1.86. The maximum absolute atomic E-state index is 5.52. The Hall–Kier alpha value is 0.310. The van der Waals surface area contributed by atoms with E-state index < -0.39 is 0 Å².